The molecule has 1 heterocycles. The van der Waals surface area contributed by atoms with Crippen LogP contribution in [0.2, 0.25) is 0 Å². The van der Waals surface area contributed by atoms with Gasteiger partial charge >= 0.3 is 6.18 Å². The fraction of sp³-hybridized carbons (Fsp3) is 0.375. The summed E-state index contributed by atoms with van der Waals surface area (Å²) in [7, 11) is 0. The Morgan fingerprint density at radius 2 is 1.75 bits per heavy atom. The van der Waals surface area contributed by atoms with Gasteiger partial charge in [-0.25, -0.2) is 9.97 Å². The Labute approximate surface area is 137 Å². The molecular weight excluding hydrogens is 324 g/mol. The third-order valence-corrected chi connectivity index (χ3v) is 3.45. The largest absolute Gasteiger partial charge is 0.416 e. The second kappa shape index (κ2) is 7.46. The Hall–Kier alpha value is -2.38. The first-order valence-electron chi connectivity index (χ1n) is 7.52. The molecule has 1 N–H and O–H groups in total. The van der Waals surface area contributed by atoms with Gasteiger partial charge < -0.3 is 10.2 Å². The summed E-state index contributed by atoms with van der Waals surface area (Å²) in [5.41, 5.74) is -0.0789. The molecule has 4 nitrogen and oxygen atoms in total. The summed E-state index contributed by atoms with van der Waals surface area (Å²) in [5, 5.41) is 2.81. The van der Waals surface area contributed by atoms with Gasteiger partial charge in [-0.3, -0.25) is 0 Å². The minimum absolute atomic E-state index is 0.105. The van der Waals surface area contributed by atoms with E-state index in [1.165, 1.54) is 18.5 Å². The SMILES string of the molecule is CCNc1ncnc(N(CC)Cc2ccc(C(F)(F)F)cc2)c1F. The van der Waals surface area contributed by atoms with Gasteiger partial charge in [0, 0.05) is 19.6 Å². The number of nitrogens with zero attached hydrogens (tertiary/aromatic N) is 3. The maximum absolute atomic E-state index is 14.4. The van der Waals surface area contributed by atoms with Gasteiger partial charge in [0.2, 0.25) is 5.82 Å². The summed E-state index contributed by atoms with van der Waals surface area (Å²) in [4.78, 5) is 9.45. The molecule has 0 unspecified atom stereocenters. The van der Waals surface area contributed by atoms with Crippen LogP contribution in [0.3, 0.4) is 0 Å². The average Bonchev–Trinajstić information content (AvgIpc) is 2.55. The third-order valence-electron chi connectivity index (χ3n) is 3.45. The van der Waals surface area contributed by atoms with Crippen LogP contribution in [0.15, 0.2) is 30.6 Å². The average molecular weight is 342 g/mol. The van der Waals surface area contributed by atoms with Crippen LogP contribution in [0, 0.1) is 5.82 Å². The van der Waals surface area contributed by atoms with Crippen LogP contribution in [0.4, 0.5) is 29.2 Å². The van der Waals surface area contributed by atoms with Crippen LogP contribution in [0.1, 0.15) is 25.0 Å². The highest BCUT2D eigenvalue weighted by molar-refractivity contribution is 5.51. The molecule has 8 heteroatoms. The molecule has 0 radical (unpaired) electrons. The predicted molar refractivity (Wildman–Crippen MR) is 84.3 cm³/mol. The van der Waals surface area contributed by atoms with Crippen LogP contribution >= 0.6 is 0 Å². The summed E-state index contributed by atoms with van der Waals surface area (Å²) in [5.74, 6) is -0.357. The normalized spacial score (nSPS) is 11.4. The number of aromatic nitrogens is 2. The molecule has 0 fully saturated rings. The first-order chi connectivity index (χ1) is 11.4. The Morgan fingerprint density at radius 1 is 1.08 bits per heavy atom. The minimum Gasteiger partial charge on any atom is -0.368 e. The summed E-state index contributed by atoms with van der Waals surface area (Å²) in [6.45, 7) is 4.84. The maximum Gasteiger partial charge on any atom is 0.416 e. The monoisotopic (exact) mass is 342 g/mol. The molecule has 0 aliphatic carbocycles. The van der Waals surface area contributed by atoms with Gasteiger partial charge in [-0.05, 0) is 31.5 Å². The highest BCUT2D eigenvalue weighted by atomic mass is 19.4. The summed E-state index contributed by atoms with van der Waals surface area (Å²) >= 11 is 0. The van der Waals surface area contributed by atoms with E-state index in [2.05, 4.69) is 15.3 Å². The molecule has 0 bridgehead atoms. The van der Waals surface area contributed by atoms with Gasteiger partial charge in [0.05, 0.1) is 5.56 Å². The third kappa shape index (κ3) is 4.12. The summed E-state index contributed by atoms with van der Waals surface area (Å²) in [6.07, 6.45) is -3.12. The highest BCUT2D eigenvalue weighted by Gasteiger charge is 2.30. The molecule has 0 atom stereocenters. The zero-order valence-electron chi connectivity index (χ0n) is 13.4. The standard InChI is InChI=1S/C16H18F4N4/c1-3-21-14-13(17)15(23-10-22-14)24(4-2)9-11-5-7-12(8-6-11)16(18,19)20/h5-8,10H,3-4,9H2,1-2H3,(H,21,22,23). The number of rotatable bonds is 6. The number of anilines is 2. The number of nitrogens with one attached hydrogen (secondary N) is 1. The molecular formula is C16H18F4N4. The molecule has 0 saturated heterocycles. The van der Waals surface area contributed by atoms with Gasteiger partial charge in [0.25, 0.3) is 0 Å². The van der Waals surface area contributed by atoms with Crippen molar-refractivity contribution in [1.82, 2.24) is 9.97 Å². The lowest BCUT2D eigenvalue weighted by molar-refractivity contribution is -0.137. The second-order valence-corrected chi connectivity index (χ2v) is 5.10. The maximum atomic E-state index is 14.4. The fourth-order valence-corrected chi connectivity index (χ4v) is 2.23. The van der Waals surface area contributed by atoms with E-state index in [0.29, 0.717) is 18.7 Å². The molecule has 130 valence electrons. The molecule has 1 aromatic carbocycles. The van der Waals surface area contributed by atoms with Crippen molar-refractivity contribution in [3.63, 3.8) is 0 Å². The summed E-state index contributed by atoms with van der Waals surface area (Å²) in [6, 6.07) is 4.80. The van der Waals surface area contributed by atoms with Crippen molar-refractivity contribution < 1.29 is 17.6 Å². The van der Waals surface area contributed by atoms with Crippen LogP contribution in [0.5, 0.6) is 0 Å². The Morgan fingerprint density at radius 3 is 2.29 bits per heavy atom. The number of hydrogen-bond donors (Lipinski definition) is 1. The lowest BCUT2D eigenvalue weighted by Gasteiger charge is -2.23. The number of halogens is 4. The van der Waals surface area contributed by atoms with Crippen LogP contribution in [-0.2, 0) is 12.7 Å². The zero-order chi connectivity index (χ0) is 17.7. The van der Waals surface area contributed by atoms with E-state index < -0.39 is 17.6 Å². The minimum atomic E-state index is -4.37. The Bertz CT molecular complexity index is 671. The molecule has 0 aliphatic rings. The van der Waals surface area contributed by atoms with Gasteiger partial charge in [-0.1, -0.05) is 12.1 Å². The molecule has 2 rings (SSSR count). The van der Waals surface area contributed by atoms with E-state index in [-0.39, 0.29) is 18.2 Å². The Balaban J connectivity index is 2.22. The van der Waals surface area contributed by atoms with Gasteiger partial charge in [-0.15, -0.1) is 0 Å². The quantitative estimate of drug-likeness (QED) is 0.803. The van der Waals surface area contributed by atoms with E-state index >= 15 is 0 Å². The van der Waals surface area contributed by atoms with Gasteiger partial charge in [-0.2, -0.15) is 17.6 Å². The van der Waals surface area contributed by atoms with Crippen LogP contribution in [-0.4, -0.2) is 23.1 Å². The van der Waals surface area contributed by atoms with Crippen molar-refractivity contribution in [1.29, 1.82) is 0 Å². The topological polar surface area (TPSA) is 41.1 Å². The number of benzene rings is 1. The van der Waals surface area contributed by atoms with Crippen molar-refractivity contribution in [3.8, 4) is 0 Å². The molecule has 2 aromatic rings. The van der Waals surface area contributed by atoms with E-state index in [9.17, 15) is 17.6 Å². The highest BCUT2D eigenvalue weighted by Crippen LogP contribution is 2.29. The van der Waals surface area contributed by atoms with E-state index in [1.54, 1.807) is 4.90 Å². The van der Waals surface area contributed by atoms with E-state index in [4.69, 9.17) is 0 Å². The van der Waals surface area contributed by atoms with Crippen LogP contribution < -0.4 is 10.2 Å². The first-order valence-corrected chi connectivity index (χ1v) is 7.52. The Kier molecular flexibility index (Phi) is 5.58. The van der Waals surface area contributed by atoms with E-state index in [1.807, 2.05) is 13.8 Å². The van der Waals surface area contributed by atoms with Crippen LogP contribution in [0.25, 0.3) is 0 Å². The molecule has 0 saturated carbocycles. The molecule has 0 aliphatic heterocycles. The smallest absolute Gasteiger partial charge is 0.368 e. The van der Waals surface area contributed by atoms with Crippen molar-refractivity contribution in [3.05, 3.63) is 47.5 Å². The lowest BCUT2D eigenvalue weighted by Crippen LogP contribution is -2.25. The van der Waals surface area contributed by atoms with Crippen molar-refractivity contribution in [2.45, 2.75) is 26.6 Å². The van der Waals surface area contributed by atoms with Crippen molar-refractivity contribution in [2.24, 2.45) is 0 Å². The van der Waals surface area contributed by atoms with Crippen molar-refractivity contribution >= 4 is 11.6 Å². The summed E-state index contributed by atoms with van der Waals surface area (Å²) < 4.78 is 52.2. The number of alkyl halides is 3. The van der Waals surface area contributed by atoms with Gasteiger partial charge in [0.15, 0.2) is 11.6 Å². The van der Waals surface area contributed by atoms with Gasteiger partial charge in [0.1, 0.15) is 6.33 Å². The molecule has 24 heavy (non-hydrogen) atoms. The van der Waals surface area contributed by atoms with Crippen molar-refractivity contribution in [2.75, 3.05) is 23.3 Å². The fourth-order valence-electron chi connectivity index (χ4n) is 2.23. The zero-order valence-corrected chi connectivity index (χ0v) is 13.4. The molecule has 0 spiro atoms. The van der Waals surface area contributed by atoms with E-state index in [0.717, 1.165) is 12.1 Å². The predicted octanol–water partition coefficient (Wildman–Crippen LogP) is 4.09. The first kappa shape index (κ1) is 18.0. The molecule has 1 aromatic heterocycles. The lowest BCUT2D eigenvalue weighted by atomic mass is 10.1. The molecule has 0 amide bonds. The number of hydrogen-bond acceptors (Lipinski definition) is 4. The second-order valence-electron chi connectivity index (χ2n) is 5.10.